The summed E-state index contributed by atoms with van der Waals surface area (Å²) in [7, 11) is 0. The monoisotopic (exact) mass is 248 g/mol. The van der Waals surface area contributed by atoms with Gasteiger partial charge in [0, 0.05) is 12.5 Å². The van der Waals surface area contributed by atoms with Crippen LogP contribution in [0.1, 0.15) is 43.6 Å². The van der Waals surface area contributed by atoms with Gasteiger partial charge in [-0.25, -0.2) is 0 Å². The summed E-state index contributed by atoms with van der Waals surface area (Å²) in [6.07, 6.45) is -0.456. The van der Waals surface area contributed by atoms with Gasteiger partial charge in [0.1, 0.15) is 6.10 Å². The van der Waals surface area contributed by atoms with Gasteiger partial charge in [-0.2, -0.15) is 0 Å². The molecule has 1 unspecified atom stereocenters. The first-order valence-corrected chi connectivity index (χ1v) is 6.04. The molecule has 0 aliphatic heterocycles. The lowest BCUT2D eigenvalue weighted by atomic mass is 9.79. The third kappa shape index (κ3) is 2.97. The van der Waals surface area contributed by atoms with Crippen LogP contribution in [0.25, 0.3) is 0 Å². The standard InChI is InChI=1S/C15H20O3/c1-10-8-6-7-9-13(10)14(17)15(4,5)11(2)18-12(3)16/h6-9,11H,1-5H3. The lowest BCUT2D eigenvalue weighted by Gasteiger charge is -2.30. The molecule has 98 valence electrons. The molecule has 1 aromatic rings. The molecule has 18 heavy (non-hydrogen) atoms. The molecule has 0 saturated heterocycles. The molecule has 0 heterocycles. The second-order valence-electron chi connectivity index (χ2n) is 5.12. The number of hydrogen-bond donors (Lipinski definition) is 0. The van der Waals surface area contributed by atoms with Gasteiger partial charge in [0.15, 0.2) is 5.78 Å². The Morgan fingerprint density at radius 2 is 1.78 bits per heavy atom. The first kappa shape index (κ1) is 14.4. The second kappa shape index (κ2) is 5.34. The minimum atomic E-state index is -0.738. The predicted molar refractivity (Wildman–Crippen MR) is 70.5 cm³/mol. The number of benzene rings is 1. The van der Waals surface area contributed by atoms with Crippen molar-refractivity contribution in [3.63, 3.8) is 0 Å². The number of carbonyl (C=O) groups excluding carboxylic acids is 2. The largest absolute Gasteiger partial charge is 0.462 e. The van der Waals surface area contributed by atoms with Crippen LogP contribution in [0.3, 0.4) is 0 Å². The quantitative estimate of drug-likeness (QED) is 0.607. The summed E-state index contributed by atoms with van der Waals surface area (Å²) in [5.41, 5.74) is 0.879. The zero-order chi connectivity index (χ0) is 13.9. The smallest absolute Gasteiger partial charge is 0.302 e. The number of hydrogen-bond acceptors (Lipinski definition) is 3. The molecule has 0 aromatic heterocycles. The number of esters is 1. The highest BCUT2D eigenvalue weighted by atomic mass is 16.5. The lowest BCUT2D eigenvalue weighted by molar-refractivity contribution is -0.149. The van der Waals surface area contributed by atoms with Crippen molar-refractivity contribution >= 4 is 11.8 Å². The van der Waals surface area contributed by atoms with E-state index in [2.05, 4.69) is 0 Å². The molecule has 0 N–H and O–H groups in total. The third-order valence-corrected chi connectivity index (χ3v) is 3.33. The number of ether oxygens (including phenoxy) is 1. The predicted octanol–water partition coefficient (Wildman–Crippen LogP) is 3.16. The van der Waals surface area contributed by atoms with Crippen LogP contribution in [0.15, 0.2) is 24.3 Å². The van der Waals surface area contributed by atoms with Crippen LogP contribution in [-0.2, 0) is 9.53 Å². The van der Waals surface area contributed by atoms with Crippen LogP contribution in [0, 0.1) is 12.3 Å². The average Bonchev–Trinajstić information content (AvgIpc) is 2.27. The van der Waals surface area contributed by atoms with Crippen molar-refractivity contribution in [3.05, 3.63) is 35.4 Å². The van der Waals surface area contributed by atoms with Gasteiger partial charge in [-0.1, -0.05) is 24.3 Å². The Bertz CT molecular complexity index is 461. The molecule has 1 atom stereocenters. The summed E-state index contributed by atoms with van der Waals surface area (Å²) in [6, 6.07) is 7.45. The van der Waals surface area contributed by atoms with Gasteiger partial charge in [0.05, 0.1) is 5.41 Å². The first-order valence-electron chi connectivity index (χ1n) is 6.04. The van der Waals surface area contributed by atoms with E-state index in [0.29, 0.717) is 5.56 Å². The molecule has 1 rings (SSSR count). The van der Waals surface area contributed by atoms with Crippen LogP contribution in [0.4, 0.5) is 0 Å². The lowest BCUT2D eigenvalue weighted by Crippen LogP contribution is -2.38. The van der Waals surface area contributed by atoms with Gasteiger partial charge < -0.3 is 4.74 Å². The highest BCUT2D eigenvalue weighted by Gasteiger charge is 2.37. The number of Topliss-reactive ketones (excluding diaryl/α,β-unsaturated/α-hetero) is 1. The minimum Gasteiger partial charge on any atom is -0.462 e. The molecule has 3 heteroatoms. The molecule has 1 aromatic carbocycles. The van der Waals surface area contributed by atoms with Crippen molar-refractivity contribution < 1.29 is 14.3 Å². The summed E-state index contributed by atoms with van der Waals surface area (Å²) >= 11 is 0. The Hall–Kier alpha value is -1.64. The van der Waals surface area contributed by atoms with E-state index in [9.17, 15) is 9.59 Å². The molecule has 0 aliphatic rings. The third-order valence-electron chi connectivity index (χ3n) is 3.33. The Kier molecular flexibility index (Phi) is 4.28. The van der Waals surface area contributed by atoms with E-state index in [0.717, 1.165) is 5.56 Å². The number of ketones is 1. The maximum atomic E-state index is 12.5. The number of rotatable bonds is 4. The molecular weight excluding hydrogens is 228 g/mol. The van der Waals surface area contributed by atoms with E-state index in [-0.39, 0.29) is 11.8 Å². The molecule has 0 spiro atoms. The van der Waals surface area contributed by atoms with E-state index in [1.54, 1.807) is 26.8 Å². The maximum Gasteiger partial charge on any atom is 0.302 e. The van der Waals surface area contributed by atoms with Crippen molar-refractivity contribution in [2.24, 2.45) is 5.41 Å². The highest BCUT2D eigenvalue weighted by Crippen LogP contribution is 2.29. The van der Waals surface area contributed by atoms with Crippen molar-refractivity contribution in [1.29, 1.82) is 0 Å². The van der Waals surface area contributed by atoms with Gasteiger partial charge in [-0.05, 0) is 33.3 Å². The van der Waals surface area contributed by atoms with Crippen LogP contribution < -0.4 is 0 Å². The van der Waals surface area contributed by atoms with Crippen molar-refractivity contribution in [2.75, 3.05) is 0 Å². The highest BCUT2D eigenvalue weighted by molar-refractivity contribution is 6.01. The van der Waals surface area contributed by atoms with Gasteiger partial charge in [0.2, 0.25) is 0 Å². The van der Waals surface area contributed by atoms with Crippen molar-refractivity contribution in [2.45, 2.75) is 40.7 Å². The normalized spacial score (nSPS) is 12.9. The SMILES string of the molecule is CC(=O)OC(C)C(C)(C)C(=O)c1ccccc1C. The van der Waals surface area contributed by atoms with Crippen molar-refractivity contribution in [3.8, 4) is 0 Å². The summed E-state index contributed by atoms with van der Waals surface area (Å²) in [6.45, 7) is 8.60. The summed E-state index contributed by atoms with van der Waals surface area (Å²) < 4.78 is 5.14. The molecule has 0 radical (unpaired) electrons. The van der Waals surface area contributed by atoms with Gasteiger partial charge >= 0.3 is 5.97 Å². The fourth-order valence-corrected chi connectivity index (χ4v) is 1.76. The molecule has 3 nitrogen and oxygen atoms in total. The number of carbonyl (C=O) groups is 2. The van der Waals surface area contributed by atoms with Crippen LogP contribution in [0.2, 0.25) is 0 Å². The van der Waals surface area contributed by atoms with E-state index in [1.807, 2.05) is 25.1 Å². The zero-order valence-electron chi connectivity index (χ0n) is 11.6. The maximum absolute atomic E-state index is 12.5. The molecule has 0 saturated carbocycles. The fraction of sp³-hybridized carbons (Fsp3) is 0.467. The zero-order valence-corrected chi connectivity index (χ0v) is 11.6. The number of aryl methyl sites for hydroxylation is 1. The molecule has 0 bridgehead atoms. The molecule has 0 aliphatic carbocycles. The topological polar surface area (TPSA) is 43.4 Å². The Balaban J connectivity index is 3.02. The van der Waals surface area contributed by atoms with E-state index in [4.69, 9.17) is 4.74 Å². The Morgan fingerprint density at radius 3 is 2.28 bits per heavy atom. The van der Waals surface area contributed by atoms with Crippen LogP contribution in [-0.4, -0.2) is 17.9 Å². The fourth-order valence-electron chi connectivity index (χ4n) is 1.76. The molecule has 0 fully saturated rings. The van der Waals surface area contributed by atoms with Gasteiger partial charge in [0.25, 0.3) is 0 Å². The Labute approximate surface area is 108 Å². The van der Waals surface area contributed by atoms with Crippen LogP contribution in [0.5, 0.6) is 0 Å². The van der Waals surface area contributed by atoms with E-state index < -0.39 is 11.5 Å². The molecule has 0 amide bonds. The summed E-state index contributed by atoms with van der Waals surface area (Å²) in [5.74, 6) is -0.373. The van der Waals surface area contributed by atoms with Gasteiger partial charge in [-0.3, -0.25) is 9.59 Å². The van der Waals surface area contributed by atoms with Crippen LogP contribution >= 0.6 is 0 Å². The minimum absolute atomic E-state index is 0.00523. The van der Waals surface area contributed by atoms with E-state index in [1.165, 1.54) is 6.92 Å². The first-order chi connectivity index (χ1) is 8.26. The van der Waals surface area contributed by atoms with Gasteiger partial charge in [-0.15, -0.1) is 0 Å². The Morgan fingerprint density at radius 1 is 1.22 bits per heavy atom. The summed E-state index contributed by atoms with van der Waals surface area (Å²) in [5, 5.41) is 0. The average molecular weight is 248 g/mol. The van der Waals surface area contributed by atoms with Crippen molar-refractivity contribution in [1.82, 2.24) is 0 Å². The van der Waals surface area contributed by atoms with E-state index >= 15 is 0 Å². The summed E-state index contributed by atoms with van der Waals surface area (Å²) in [4.78, 5) is 23.5. The molecular formula is C15H20O3. The second-order valence-corrected chi connectivity index (χ2v) is 5.12.